The van der Waals surface area contributed by atoms with Crippen LogP contribution in [0, 0.1) is 0 Å². The first-order chi connectivity index (χ1) is 15.9. The summed E-state index contributed by atoms with van der Waals surface area (Å²) >= 11 is 6.06. The van der Waals surface area contributed by atoms with E-state index in [0.717, 1.165) is 16.7 Å². The third-order valence-corrected chi connectivity index (χ3v) is 5.69. The lowest BCUT2D eigenvalue weighted by Gasteiger charge is -2.32. The summed E-state index contributed by atoms with van der Waals surface area (Å²) in [6.07, 6.45) is 1.41. The number of nitrogens with one attached hydrogen (secondary N) is 1. The van der Waals surface area contributed by atoms with Crippen LogP contribution in [-0.2, 0) is 29.0 Å². The number of carbonyl (C=O) groups excluding carboxylic acids is 2. The van der Waals surface area contributed by atoms with Gasteiger partial charge in [-0.15, -0.1) is 0 Å². The molecule has 0 aliphatic rings. The fourth-order valence-electron chi connectivity index (χ4n) is 3.76. The molecule has 172 valence electrons. The number of aryl methyl sites for hydroxylation is 1. The molecule has 1 atom stereocenters. The van der Waals surface area contributed by atoms with Crippen molar-refractivity contribution in [3.8, 4) is 0 Å². The number of hydrogen-bond acceptors (Lipinski definition) is 2. The van der Waals surface area contributed by atoms with Gasteiger partial charge in [0.15, 0.2) is 0 Å². The van der Waals surface area contributed by atoms with Gasteiger partial charge in [-0.2, -0.15) is 0 Å². The number of rotatable bonds is 10. The Kier molecular flexibility index (Phi) is 9.08. The molecule has 3 aromatic rings. The Hall–Kier alpha value is -3.11. The number of amides is 2. The topological polar surface area (TPSA) is 49.4 Å². The van der Waals surface area contributed by atoms with Crippen LogP contribution in [0.1, 0.15) is 37.0 Å². The summed E-state index contributed by atoms with van der Waals surface area (Å²) in [4.78, 5) is 28.5. The van der Waals surface area contributed by atoms with Gasteiger partial charge in [0.05, 0.1) is 0 Å². The molecule has 0 saturated carbocycles. The molecular formula is C28H31ClN2O2. The highest BCUT2D eigenvalue weighted by Gasteiger charge is 2.30. The van der Waals surface area contributed by atoms with Gasteiger partial charge >= 0.3 is 0 Å². The summed E-state index contributed by atoms with van der Waals surface area (Å²) in [7, 11) is 0. The van der Waals surface area contributed by atoms with E-state index in [-0.39, 0.29) is 17.9 Å². The van der Waals surface area contributed by atoms with Gasteiger partial charge in [-0.3, -0.25) is 9.59 Å². The lowest BCUT2D eigenvalue weighted by atomic mass is 10.0. The van der Waals surface area contributed by atoms with Gasteiger partial charge in [0.2, 0.25) is 11.8 Å². The van der Waals surface area contributed by atoms with E-state index < -0.39 is 6.04 Å². The van der Waals surface area contributed by atoms with Crippen molar-refractivity contribution in [2.45, 2.75) is 51.7 Å². The zero-order valence-corrected chi connectivity index (χ0v) is 20.0. The highest BCUT2D eigenvalue weighted by Crippen LogP contribution is 2.18. The molecule has 0 aliphatic carbocycles. The van der Waals surface area contributed by atoms with E-state index in [0.29, 0.717) is 30.8 Å². The van der Waals surface area contributed by atoms with Gasteiger partial charge in [-0.05, 0) is 49.1 Å². The monoisotopic (exact) mass is 462 g/mol. The second-order valence-corrected chi connectivity index (χ2v) is 8.94. The summed E-state index contributed by atoms with van der Waals surface area (Å²) < 4.78 is 0. The Morgan fingerprint density at radius 2 is 1.39 bits per heavy atom. The zero-order valence-electron chi connectivity index (χ0n) is 19.2. The predicted octanol–water partition coefficient (Wildman–Crippen LogP) is 5.44. The van der Waals surface area contributed by atoms with Gasteiger partial charge in [0, 0.05) is 30.5 Å². The van der Waals surface area contributed by atoms with Crippen LogP contribution in [0.3, 0.4) is 0 Å². The number of nitrogens with zero attached hydrogens (tertiary/aromatic N) is 1. The van der Waals surface area contributed by atoms with Gasteiger partial charge in [-0.25, -0.2) is 0 Å². The Balaban J connectivity index is 1.89. The molecule has 0 aromatic heterocycles. The first-order valence-corrected chi connectivity index (χ1v) is 11.7. The largest absolute Gasteiger partial charge is 0.352 e. The molecule has 4 nitrogen and oxygen atoms in total. The molecule has 5 heteroatoms. The molecule has 0 aliphatic heterocycles. The molecule has 33 heavy (non-hydrogen) atoms. The Bertz CT molecular complexity index is 1020. The van der Waals surface area contributed by atoms with E-state index >= 15 is 0 Å². The number of benzene rings is 3. The van der Waals surface area contributed by atoms with E-state index in [1.165, 1.54) is 0 Å². The smallest absolute Gasteiger partial charge is 0.243 e. The first kappa shape index (κ1) is 24.5. The van der Waals surface area contributed by atoms with Gasteiger partial charge in [0.25, 0.3) is 0 Å². The summed E-state index contributed by atoms with van der Waals surface area (Å²) in [6, 6.07) is 26.6. The predicted molar refractivity (Wildman–Crippen MR) is 134 cm³/mol. The van der Waals surface area contributed by atoms with Crippen molar-refractivity contribution in [2.75, 3.05) is 0 Å². The van der Waals surface area contributed by atoms with Crippen molar-refractivity contribution in [3.63, 3.8) is 0 Å². The van der Waals surface area contributed by atoms with E-state index in [1.54, 1.807) is 4.90 Å². The van der Waals surface area contributed by atoms with Gasteiger partial charge < -0.3 is 10.2 Å². The van der Waals surface area contributed by atoms with E-state index in [9.17, 15) is 9.59 Å². The molecule has 0 bridgehead atoms. The highest BCUT2D eigenvalue weighted by atomic mass is 35.5. The molecule has 3 rings (SSSR count). The van der Waals surface area contributed by atoms with Crippen LogP contribution < -0.4 is 5.32 Å². The maximum atomic E-state index is 13.5. The Morgan fingerprint density at radius 3 is 1.97 bits per heavy atom. The van der Waals surface area contributed by atoms with Crippen LogP contribution in [0.25, 0.3) is 0 Å². The van der Waals surface area contributed by atoms with Gasteiger partial charge in [-0.1, -0.05) is 84.4 Å². The minimum Gasteiger partial charge on any atom is -0.352 e. The molecule has 0 spiro atoms. The number of hydrogen-bond donors (Lipinski definition) is 1. The third-order valence-electron chi connectivity index (χ3n) is 5.44. The van der Waals surface area contributed by atoms with Crippen molar-refractivity contribution in [1.29, 1.82) is 0 Å². The van der Waals surface area contributed by atoms with Crippen LogP contribution in [0.4, 0.5) is 0 Å². The molecule has 1 N–H and O–H groups in total. The lowest BCUT2D eigenvalue weighted by molar-refractivity contribution is -0.141. The molecule has 0 saturated heterocycles. The molecular weight excluding hydrogens is 432 g/mol. The molecule has 1 unspecified atom stereocenters. The highest BCUT2D eigenvalue weighted by molar-refractivity contribution is 6.30. The standard InChI is InChI=1S/C28H31ClN2O2/c1-21(2)30-28(33)26(19-23-11-7-4-8-12-23)31(20-24-13-16-25(29)17-14-24)27(32)18-15-22-9-5-3-6-10-22/h3-14,16-17,21,26H,15,18-20H2,1-2H3,(H,30,33). The fraction of sp³-hybridized carbons (Fsp3) is 0.286. The summed E-state index contributed by atoms with van der Waals surface area (Å²) in [5, 5.41) is 3.65. The minimum atomic E-state index is -0.617. The SMILES string of the molecule is CC(C)NC(=O)C(Cc1ccccc1)N(Cc1ccc(Cl)cc1)C(=O)CCc1ccccc1. The third kappa shape index (κ3) is 7.76. The van der Waals surface area contributed by atoms with Crippen molar-refractivity contribution < 1.29 is 9.59 Å². The number of carbonyl (C=O) groups is 2. The quantitative estimate of drug-likeness (QED) is 0.436. The molecule has 0 heterocycles. The van der Waals surface area contributed by atoms with Crippen LogP contribution in [0.5, 0.6) is 0 Å². The van der Waals surface area contributed by atoms with E-state index in [1.807, 2.05) is 98.8 Å². The van der Waals surface area contributed by atoms with Crippen molar-refractivity contribution >= 4 is 23.4 Å². The van der Waals surface area contributed by atoms with E-state index in [4.69, 9.17) is 11.6 Å². The van der Waals surface area contributed by atoms with Crippen LogP contribution in [-0.4, -0.2) is 28.8 Å². The minimum absolute atomic E-state index is 0.0208. The average Bonchev–Trinajstić information content (AvgIpc) is 2.82. The number of halogens is 1. The van der Waals surface area contributed by atoms with Crippen molar-refractivity contribution in [2.24, 2.45) is 0 Å². The second-order valence-electron chi connectivity index (χ2n) is 8.50. The van der Waals surface area contributed by atoms with Crippen LogP contribution in [0.2, 0.25) is 5.02 Å². The molecule has 0 fully saturated rings. The van der Waals surface area contributed by atoms with Crippen molar-refractivity contribution in [1.82, 2.24) is 10.2 Å². The Labute approximate surface area is 201 Å². The van der Waals surface area contributed by atoms with Crippen LogP contribution in [0.15, 0.2) is 84.9 Å². The summed E-state index contributed by atoms with van der Waals surface area (Å²) in [6.45, 7) is 4.20. The van der Waals surface area contributed by atoms with Crippen LogP contribution >= 0.6 is 11.6 Å². The summed E-state index contributed by atoms with van der Waals surface area (Å²) in [5.74, 6) is -0.190. The molecule has 0 radical (unpaired) electrons. The normalized spacial score (nSPS) is 11.8. The molecule has 2 amide bonds. The zero-order chi connectivity index (χ0) is 23.6. The van der Waals surface area contributed by atoms with Crippen molar-refractivity contribution in [3.05, 3.63) is 107 Å². The Morgan fingerprint density at radius 1 is 0.818 bits per heavy atom. The maximum absolute atomic E-state index is 13.5. The summed E-state index contributed by atoms with van der Waals surface area (Å²) in [5.41, 5.74) is 3.05. The molecule has 3 aromatic carbocycles. The van der Waals surface area contributed by atoms with E-state index in [2.05, 4.69) is 5.32 Å². The maximum Gasteiger partial charge on any atom is 0.243 e. The average molecular weight is 463 g/mol. The fourth-order valence-corrected chi connectivity index (χ4v) is 3.89. The lowest BCUT2D eigenvalue weighted by Crippen LogP contribution is -2.51. The second kappa shape index (κ2) is 12.2. The van der Waals surface area contributed by atoms with Gasteiger partial charge in [0.1, 0.15) is 6.04 Å². The first-order valence-electron chi connectivity index (χ1n) is 11.3.